The molecule has 2 aliphatic rings. The van der Waals surface area contributed by atoms with Crippen LogP contribution in [0.5, 0.6) is 0 Å². The van der Waals surface area contributed by atoms with Gasteiger partial charge >= 0.3 is 0 Å². The zero-order chi connectivity index (χ0) is 18.0. The molecule has 6 heteroatoms. The molecule has 2 aliphatic heterocycles. The van der Waals surface area contributed by atoms with Crippen LogP contribution in [-0.4, -0.2) is 66.8 Å². The van der Waals surface area contributed by atoms with Crippen LogP contribution in [0.15, 0.2) is 6.07 Å². The molecule has 1 aromatic heterocycles. The Balaban J connectivity index is 1.57. The van der Waals surface area contributed by atoms with Crippen LogP contribution in [0.25, 0.3) is 0 Å². The number of thiophene rings is 1. The third-order valence-corrected chi connectivity index (χ3v) is 6.68. The van der Waals surface area contributed by atoms with Gasteiger partial charge in [0.1, 0.15) is 0 Å². The highest BCUT2D eigenvalue weighted by Gasteiger charge is 2.27. The topological polar surface area (TPSA) is 43.9 Å². The number of piperidine rings is 1. The molecule has 2 amide bonds. The first-order valence-corrected chi connectivity index (χ1v) is 10.1. The van der Waals surface area contributed by atoms with E-state index in [9.17, 15) is 9.59 Å². The lowest BCUT2D eigenvalue weighted by Gasteiger charge is -2.33. The first-order valence-electron chi connectivity index (χ1n) is 9.31. The van der Waals surface area contributed by atoms with E-state index in [1.165, 1.54) is 4.88 Å². The van der Waals surface area contributed by atoms with Gasteiger partial charge in [0.2, 0.25) is 5.91 Å². The summed E-state index contributed by atoms with van der Waals surface area (Å²) in [5, 5.41) is 0. The van der Waals surface area contributed by atoms with Gasteiger partial charge in [-0.05, 0) is 56.4 Å². The van der Waals surface area contributed by atoms with Crippen molar-refractivity contribution < 1.29 is 9.59 Å². The highest BCUT2D eigenvalue weighted by atomic mass is 32.1. The maximum absolute atomic E-state index is 12.7. The molecule has 138 valence electrons. The fraction of sp³-hybridized carbons (Fsp3) is 0.684. The van der Waals surface area contributed by atoms with E-state index in [1.807, 2.05) is 11.0 Å². The van der Waals surface area contributed by atoms with Crippen LogP contribution in [-0.2, 0) is 17.8 Å². The molecule has 25 heavy (non-hydrogen) atoms. The second-order valence-corrected chi connectivity index (χ2v) is 8.54. The van der Waals surface area contributed by atoms with E-state index in [4.69, 9.17) is 0 Å². The second kappa shape index (κ2) is 7.87. The van der Waals surface area contributed by atoms with Gasteiger partial charge in [0.15, 0.2) is 0 Å². The summed E-state index contributed by atoms with van der Waals surface area (Å²) >= 11 is 1.59. The molecule has 0 radical (unpaired) electrons. The van der Waals surface area contributed by atoms with Gasteiger partial charge in [0, 0.05) is 38.5 Å². The van der Waals surface area contributed by atoms with E-state index in [0.29, 0.717) is 18.9 Å². The van der Waals surface area contributed by atoms with Crippen LogP contribution in [0.2, 0.25) is 0 Å². The normalized spacial score (nSPS) is 18.9. The number of carbonyl (C=O) groups excluding carboxylic acids is 2. The van der Waals surface area contributed by atoms with E-state index >= 15 is 0 Å². The van der Waals surface area contributed by atoms with Crippen molar-refractivity contribution in [2.75, 3.05) is 40.3 Å². The molecule has 3 heterocycles. The Labute approximate surface area is 154 Å². The molecule has 0 aromatic carbocycles. The summed E-state index contributed by atoms with van der Waals surface area (Å²) in [6, 6.07) is 1.99. The van der Waals surface area contributed by atoms with Crippen molar-refractivity contribution in [1.29, 1.82) is 0 Å². The zero-order valence-electron chi connectivity index (χ0n) is 15.6. The van der Waals surface area contributed by atoms with E-state index in [2.05, 4.69) is 11.8 Å². The lowest BCUT2D eigenvalue weighted by Crippen LogP contribution is -2.39. The van der Waals surface area contributed by atoms with Crippen LogP contribution in [0.1, 0.15) is 46.3 Å². The minimum Gasteiger partial charge on any atom is -0.344 e. The first-order chi connectivity index (χ1) is 12.0. The maximum Gasteiger partial charge on any atom is 0.263 e. The number of nitrogens with zero attached hydrogens (tertiary/aromatic N) is 3. The third kappa shape index (κ3) is 4.23. The number of hydrogen-bond acceptors (Lipinski definition) is 4. The van der Waals surface area contributed by atoms with Gasteiger partial charge in [0.05, 0.1) is 4.88 Å². The zero-order valence-corrected chi connectivity index (χ0v) is 16.4. The van der Waals surface area contributed by atoms with E-state index < -0.39 is 0 Å². The predicted molar refractivity (Wildman–Crippen MR) is 101 cm³/mol. The van der Waals surface area contributed by atoms with Crippen LogP contribution in [0.3, 0.4) is 0 Å². The van der Waals surface area contributed by atoms with Gasteiger partial charge < -0.3 is 14.7 Å². The quantitative estimate of drug-likeness (QED) is 0.825. The molecule has 1 aromatic rings. The Morgan fingerprint density at radius 3 is 2.60 bits per heavy atom. The van der Waals surface area contributed by atoms with Crippen molar-refractivity contribution in [3.8, 4) is 0 Å². The maximum atomic E-state index is 12.7. The Bertz CT molecular complexity index is 633. The number of fused-ring (bicyclic) bond motifs is 1. The summed E-state index contributed by atoms with van der Waals surface area (Å²) in [7, 11) is 3.56. The third-order valence-electron chi connectivity index (χ3n) is 5.45. The van der Waals surface area contributed by atoms with E-state index in [-0.39, 0.29) is 11.8 Å². The Morgan fingerprint density at radius 2 is 1.96 bits per heavy atom. The Hall–Kier alpha value is -1.40. The summed E-state index contributed by atoms with van der Waals surface area (Å²) < 4.78 is 0. The largest absolute Gasteiger partial charge is 0.344 e. The molecule has 0 aliphatic carbocycles. The fourth-order valence-corrected chi connectivity index (χ4v) is 4.94. The minimum absolute atomic E-state index is 0.0555. The van der Waals surface area contributed by atoms with Crippen molar-refractivity contribution in [3.05, 3.63) is 21.4 Å². The smallest absolute Gasteiger partial charge is 0.263 e. The molecule has 0 saturated carbocycles. The molecule has 0 unspecified atom stereocenters. The monoisotopic (exact) mass is 363 g/mol. The number of rotatable bonds is 4. The van der Waals surface area contributed by atoms with Crippen molar-refractivity contribution in [1.82, 2.24) is 14.7 Å². The van der Waals surface area contributed by atoms with Gasteiger partial charge in [-0.25, -0.2) is 0 Å². The fourth-order valence-electron chi connectivity index (χ4n) is 3.75. The molecule has 0 bridgehead atoms. The van der Waals surface area contributed by atoms with Crippen LogP contribution >= 0.6 is 11.3 Å². The van der Waals surface area contributed by atoms with Gasteiger partial charge in [-0.15, -0.1) is 11.3 Å². The van der Waals surface area contributed by atoms with Gasteiger partial charge in [-0.2, -0.15) is 0 Å². The highest BCUT2D eigenvalue weighted by molar-refractivity contribution is 7.14. The summed E-state index contributed by atoms with van der Waals surface area (Å²) in [6.45, 7) is 7.02. The standard InChI is InChI=1S/C19H29N3O2S/c1-4-21-8-5-14(6-9-21)11-18(23)22-10-7-16-15(13-22)12-17(25-16)19(24)20(2)3/h12,14H,4-11,13H2,1-3H3. The van der Waals surface area contributed by atoms with Crippen molar-refractivity contribution in [2.24, 2.45) is 5.92 Å². The average molecular weight is 364 g/mol. The minimum atomic E-state index is 0.0555. The lowest BCUT2D eigenvalue weighted by molar-refractivity contribution is -0.133. The number of amides is 2. The molecule has 1 saturated heterocycles. The highest BCUT2D eigenvalue weighted by Crippen LogP contribution is 2.30. The summed E-state index contributed by atoms with van der Waals surface area (Å²) in [6.07, 6.45) is 3.83. The number of likely N-dealkylation sites (tertiary alicyclic amines) is 1. The second-order valence-electron chi connectivity index (χ2n) is 7.41. The molecule has 0 spiro atoms. The van der Waals surface area contributed by atoms with E-state index in [1.54, 1.807) is 30.3 Å². The van der Waals surface area contributed by atoms with Crippen LogP contribution < -0.4 is 0 Å². The molecule has 0 atom stereocenters. The van der Waals surface area contributed by atoms with Crippen molar-refractivity contribution in [3.63, 3.8) is 0 Å². The van der Waals surface area contributed by atoms with E-state index in [0.717, 1.165) is 55.9 Å². The first kappa shape index (κ1) is 18.4. The molecule has 0 N–H and O–H groups in total. The molecule has 3 rings (SSSR count). The summed E-state index contributed by atoms with van der Waals surface area (Å²) in [5.74, 6) is 0.872. The predicted octanol–water partition coefficient (Wildman–Crippen LogP) is 2.46. The van der Waals surface area contributed by atoms with Crippen LogP contribution in [0.4, 0.5) is 0 Å². The van der Waals surface area contributed by atoms with Gasteiger partial charge in [-0.3, -0.25) is 9.59 Å². The molecular weight excluding hydrogens is 334 g/mol. The molecule has 1 fully saturated rings. The average Bonchev–Trinajstić information content (AvgIpc) is 3.04. The van der Waals surface area contributed by atoms with Crippen molar-refractivity contribution in [2.45, 2.75) is 39.2 Å². The number of carbonyl (C=O) groups is 2. The van der Waals surface area contributed by atoms with Crippen molar-refractivity contribution >= 4 is 23.2 Å². The molecular formula is C19H29N3O2S. The summed E-state index contributed by atoms with van der Waals surface area (Å²) in [4.78, 5) is 33.0. The van der Waals surface area contributed by atoms with Gasteiger partial charge in [-0.1, -0.05) is 6.92 Å². The van der Waals surface area contributed by atoms with Crippen LogP contribution in [0, 0.1) is 5.92 Å². The molecule has 5 nitrogen and oxygen atoms in total. The SMILES string of the molecule is CCN1CCC(CC(=O)N2CCc3sc(C(=O)N(C)C)cc3C2)CC1. The Morgan fingerprint density at radius 1 is 1.24 bits per heavy atom. The lowest BCUT2D eigenvalue weighted by atomic mass is 9.92. The van der Waals surface area contributed by atoms with Gasteiger partial charge in [0.25, 0.3) is 5.91 Å². The Kier molecular flexibility index (Phi) is 5.79. The number of hydrogen-bond donors (Lipinski definition) is 0. The summed E-state index contributed by atoms with van der Waals surface area (Å²) in [5.41, 5.74) is 1.16.